The Bertz CT molecular complexity index is 662. The highest BCUT2D eigenvalue weighted by Crippen LogP contribution is 2.25. The normalized spacial score (nSPS) is 10.9. The quantitative estimate of drug-likeness (QED) is 0.789. The SMILES string of the molecule is CC(C)c1ccccc1NCC(=O)Nc1ccccc1C(C)C. The predicted octanol–water partition coefficient (Wildman–Crippen LogP) is 4.98. The summed E-state index contributed by atoms with van der Waals surface area (Å²) in [5.41, 5.74) is 4.30. The van der Waals surface area contributed by atoms with Crippen molar-refractivity contribution < 1.29 is 4.79 Å². The highest BCUT2D eigenvalue weighted by Gasteiger charge is 2.10. The lowest BCUT2D eigenvalue weighted by molar-refractivity contribution is -0.114. The van der Waals surface area contributed by atoms with Gasteiger partial charge in [-0.1, -0.05) is 64.1 Å². The summed E-state index contributed by atoms with van der Waals surface area (Å²) in [6.07, 6.45) is 0. The maximum Gasteiger partial charge on any atom is 0.243 e. The molecular weight excluding hydrogens is 284 g/mol. The molecule has 0 aromatic heterocycles. The van der Waals surface area contributed by atoms with E-state index in [1.165, 1.54) is 5.56 Å². The highest BCUT2D eigenvalue weighted by atomic mass is 16.1. The van der Waals surface area contributed by atoms with E-state index in [1.54, 1.807) is 0 Å². The summed E-state index contributed by atoms with van der Waals surface area (Å²) in [7, 11) is 0. The Labute approximate surface area is 139 Å². The highest BCUT2D eigenvalue weighted by molar-refractivity contribution is 5.94. The van der Waals surface area contributed by atoms with Crippen molar-refractivity contribution in [3.8, 4) is 0 Å². The third-order valence-electron chi connectivity index (χ3n) is 3.88. The van der Waals surface area contributed by atoms with Crippen LogP contribution in [-0.2, 0) is 4.79 Å². The van der Waals surface area contributed by atoms with Crippen LogP contribution in [0.3, 0.4) is 0 Å². The average Bonchev–Trinajstić information content (AvgIpc) is 2.53. The summed E-state index contributed by atoms with van der Waals surface area (Å²) < 4.78 is 0. The van der Waals surface area contributed by atoms with E-state index >= 15 is 0 Å². The minimum atomic E-state index is -0.0309. The van der Waals surface area contributed by atoms with Crippen molar-refractivity contribution >= 4 is 17.3 Å². The summed E-state index contributed by atoms with van der Waals surface area (Å²) in [5.74, 6) is 0.765. The molecule has 2 rings (SSSR count). The van der Waals surface area contributed by atoms with Crippen LogP contribution in [0.15, 0.2) is 48.5 Å². The number of hydrogen-bond donors (Lipinski definition) is 2. The zero-order chi connectivity index (χ0) is 16.8. The van der Waals surface area contributed by atoms with Gasteiger partial charge in [0.2, 0.25) is 5.91 Å². The van der Waals surface area contributed by atoms with Gasteiger partial charge in [0.25, 0.3) is 0 Å². The van der Waals surface area contributed by atoms with Gasteiger partial charge in [0.05, 0.1) is 6.54 Å². The minimum Gasteiger partial charge on any atom is -0.376 e. The Kier molecular flexibility index (Phi) is 5.80. The molecule has 0 heterocycles. The number of anilines is 2. The molecule has 2 aromatic carbocycles. The van der Waals surface area contributed by atoms with Crippen molar-refractivity contribution in [1.29, 1.82) is 0 Å². The number of hydrogen-bond acceptors (Lipinski definition) is 2. The lowest BCUT2D eigenvalue weighted by atomic mass is 10.0. The van der Waals surface area contributed by atoms with Gasteiger partial charge in [-0.3, -0.25) is 4.79 Å². The minimum absolute atomic E-state index is 0.0309. The molecule has 0 saturated carbocycles. The van der Waals surface area contributed by atoms with E-state index < -0.39 is 0 Å². The van der Waals surface area contributed by atoms with Gasteiger partial charge in [-0.25, -0.2) is 0 Å². The van der Waals surface area contributed by atoms with E-state index in [0.29, 0.717) is 11.8 Å². The Morgan fingerprint density at radius 3 is 1.87 bits per heavy atom. The molecule has 23 heavy (non-hydrogen) atoms. The molecule has 0 unspecified atom stereocenters. The molecule has 0 fully saturated rings. The standard InChI is InChI=1S/C20H26N2O/c1-14(2)16-9-5-7-11-18(16)21-13-20(23)22-19-12-8-6-10-17(19)15(3)4/h5-12,14-15,21H,13H2,1-4H3,(H,22,23). The zero-order valence-electron chi connectivity index (χ0n) is 14.4. The lowest BCUT2D eigenvalue weighted by Gasteiger charge is -2.16. The Hall–Kier alpha value is -2.29. The maximum absolute atomic E-state index is 12.3. The van der Waals surface area contributed by atoms with E-state index in [0.717, 1.165) is 16.9 Å². The molecule has 0 atom stereocenters. The van der Waals surface area contributed by atoms with E-state index in [-0.39, 0.29) is 12.5 Å². The fourth-order valence-electron chi connectivity index (χ4n) is 2.65. The van der Waals surface area contributed by atoms with Crippen LogP contribution in [0.4, 0.5) is 11.4 Å². The van der Waals surface area contributed by atoms with Crippen LogP contribution in [-0.4, -0.2) is 12.5 Å². The molecule has 1 amide bonds. The fourth-order valence-corrected chi connectivity index (χ4v) is 2.65. The third-order valence-corrected chi connectivity index (χ3v) is 3.88. The molecule has 0 aliphatic carbocycles. The van der Waals surface area contributed by atoms with Crippen LogP contribution in [0.2, 0.25) is 0 Å². The molecule has 0 saturated heterocycles. The van der Waals surface area contributed by atoms with Crippen molar-refractivity contribution in [2.45, 2.75) is 39.5 Å². The molecule has 3 nitrogen and oxygen atoms in total. The number of carbonyl (C=O) groups is 1. The summed E-state index contributed by atoms with van der Waals surface area (Å²) >= 11 is 0. The molecule has 122 valence electrons. The van der Waals surface area contributed by atoms with Crippen LogP contribution in [0, 0.1) is 0 Å². The van der Waals surface area contributed by atoms with Gasteiger partial charge < -0.3 is 10.6 Å². The van der Waals surface area contributed by atoms with E-state index in [1.807, 2.05) is 36.4 Å². The molecule has 0 bridgehead atoms. The molecule has 2 aromatic rings. The molecule has 0 radical (unpaired) electrons. The second-order valence-corrected chi connectivity index (χ2v) is 6.39. The summed E-state index contributed by atoms with van der Waals surface area (Å²) in [6, 6.07) is 16.1. The van der Waals surface area contributed by atoms with Crippen LogP contribution in [0.5, 0.6) is 0 Å². The Morgan fingerprint density at radius 1 is 0.826 bits per heavy atom. The zero-order valence-corrected chi connectivity index (χ0v) is 14.4. The molecule has 0 spiro atoms. The van der Waals surface area contributed by atoms with E-state index in [2.05, 4.69) is 50.5 Å². The number of amides is 1. The maximum atomic E-state index is 12.3. The van der Waals surface area contributed by atoms with Gasteiger partial charge in [-0.15, -0.1) is 0 Å². The van der Waals surface area contributed by atoms with Crippen LogP contribution in [0.25, 0.3) is 0 Å². The number of benzene rings is 2. The summed E-state index contributed by atoms with van der Waals surface area (Å²) in [4.78, 5) is 12.3. The predicted molar refractivity (Wildman–Crippen MR) is 98.2 cm³/mol. The summed E-state index contributed by atoms with van der Waals surface area (Å²) in [6.45, 7) is 8.82. The average molecular weight is 310 g/mol. The lowest BCUT2D eigenvalue weighted by Crippen LogP contribution is -2.23. The fraction of sp³-hybridized carbons (Fsp3) is 0.350. The van der Waals surface area contributed by atoms with Gasteiger partial charge in [0, 0.05) is 11.4 Å². The number of nitrogens with one attached hydrogen (secondary N) is 2. The molecular formula is C20H26N2O. The van der Waals surface area contributed by atoms with Crippen LogP contribution >= 0.6 is 0 Å². The number of para-hydroxylation sites is 2. The second-order valence-electron chi connectivity index (χ2n) is 6.39. The van der Waals surface area contributed by atoms with E-state index in [9.17, 15) is 4.79 Å². The van der Waals surface area contributed by atoms with Crippen molar-refractivity contribution in [2.75, 3.05) is 17.2 Å². The Balaban J connectivity index is 2.02. The van der Waals surface area contributed by atoms with Crippen molar-refractivity contribution in [3.63, 3.8) is 0 Å². The first-order chi connectivity index (χ1) is 11.0. The molecule has 2 N–H and O–H groups in total. The van der Waals surface area contributed by atoms with Crippen molar-refractivity contribution in [1.82, 2.24) is 0 Å². The van der Waals surface area contributed by atoms with Gasteiger partial charge in [-0.2, -0.15) is 0 Å². The van der Waals surface area contributed by atoms with Crippen molar-refractivity contribution in [2.24, 2.45) is 0 Å². The first-order valence-corrected chi connectivity index (χ1v) is 8.20. The molecule has 0 aliphatic rings. The first kappa shape index (κ1) is 17.1. The monoisotopic (exact) mass is 310 g/mol. The molecule has 3 heteroatoms. The van der Waals surface area contributed by atoms with Gasteiger partial charge in [-0.05, 0) is 35.1 Å². The number of carbonyl (C=O) groups excluding carboxylic acids is 1. The smallest absolute Gasteiger partial charge is 0.243 e. The second kappa shape index (κ2) is 7.82. The first-order valence-electron chi connectivity index (χ1n) is 8.20. The van der Waals surface area contributed by atoms with Crippen LogP contribution in [0.1, 0.15) is 50.7 Å². The van der Waals surface area contributed by atoms with Gasteiger partial charge >= 0.3 is 0 Å². The van der Waals surface area contributed by atoms with Crippen LogP contribution < -0.4 is 10.6 Å². The topological polar surface area (TPSA) is 41.1 Å². The molecule has 0 aliphatic heterocycles. The van der Waals surface area contributed by atoms with Gasteiger partial charge in [0.15, 0.2) is 0 Å². The third kappa shape index (κ3) is 4.59. The van der Waals surface area contributed by atoms with Crippen molar-refractivity contribution in [3.05, 3.63) is 59.7 Å². The summed E-state index contributed by atoms with van der Waals surface area (Å²) in [5, 5.41) is 6.26. The largest absolute Gasteiger partial charge is 0.376 e. The van der Waals surface area contributed by atoms with Gasteiger partial charge in [0.1, 0.15) is 0 Å². The Morgan fingerprint density at radius 2 is 1.30 bits per heavy atom. The number of rotatable bonds is 6. The van der Waals surface area contributed by atoms with E-state index in [4.69, 9.17) is 0 Å².